The fraction of sp³-hybridized carbons (Fsp3) is 0.545. The molecule has 5 nitrogen and oxygen atoms in total. The highest BCUT2D eigenvalue weighted by Gasteiger charge is 2.31. The molecule has 0 bridgehead atoms. The smallest absolute Gasteiger partial charge is 0.303 e. The lowest BCUT2D eigenvalue weighted by Crippen LogP contribution is -2.40. The second-order valence-electron chi connectivity index (χ2n) is 4.40. The lowest BCUT2D eigenvalue weighted by Gasteiger charge is -2.30. The molecule has 1 saturated heterocycles. The Morgan fingerprint density at radius 3 is 2.94 bits per heavy atom. The highest BCUT2D eigenvalue weighted by Crippen LogP contribution is 2.27. The number of hydrogen-bond donors (Lipinski definition) is 1. The second-order valence-corrected chi connectivity index (χ2v) is 7.51. The second kappa shape index (κ2) is 5.38. The molecule has 18 heavy (non-hydrogen) atoms. The number of hydrogen-bond acceptors (Lipinski definition) is 4. The van der Waals surface area contributed by atoms with Gasteiger partial charge in [0.05, 0.1) is 0 Å². The van der Waals surface area contributed by atoms with E-state index in [0.717, 1.165) is 12.8 Å². The van der Waals surface area contributed by atoms with E-state index in [1.165, 1.54) is 15.6 Å². The molecule has 0 radical (unpaired) electrons. The van der Waals surface area contributed by atoms with Gasteiger partial charge in [0, 0.05) is 19.5 Å². The molecule has 7 heteroatoms. The van der Waals surface area contributed by atoms with Crippen molar-refractivity contribution < 1.29 is 18.3 Å². The van der Waals surface area contributed by atoms with E-state index >= 15 is 0 Å². The van der Waals surface area contributed by atoms with Gasteiger partial charge >= 0.3 is 5.97 Å². The van der Waals surface area contributed by atoms with E-state index < -0.39 is 16.0 Å². The Hall–Kier alpha value is -0.920. The van der Waals surface area contributed by atoms with Gasteiger partial charge in [-0.15, -0.1) is 11.3 Å². The summed E-state index contributed by atoms with van der Waals surface area (Å²) in [7, 11) is -3.43. The fourth-order valence-electron chi connectivity index (χ4n) is 2.20. The van der Waals surface area contributed by atoms with Crippen LogP contribution in [0.5, 0.6) is 0 Å². The van der Waals surface area contributed by atoms with Crippen LogP contribution in [0.25, 0.3) is 0 Å². The minimum Gasteiger partial charge on any atom is -0.481 e. The van der Waals surface area contributed by atoms with Gasteiger partial charge in [-0.3, -0.25) is 4.79 Å². The van der Waals surface area contributed by atoms with Gasteiger partial charge in [-0.25, -0.2) is 8.42 Å². The van der Waals surface area contributed by atoms with Crippen molar-refractivity contribution in [2.75, 3.05) is 13.1 Å². The zero-order valence-corrected chi connectivity index (χ0v) is 11.4. The molecule has 1 aromatic heterocycles. The van der Waals surface area contributed by atoms with Gasteiger partial charge in [0.2, 0.25) is 0 Å². The summed E-state index contributed by atoms with van der Waals surface area (Å²) in [5, 5.41) is 10.5. The lowest BCUT2D eigenvalue weighted by atomic mass is 9.96. The topological polar surface area (TPSA) is 74.7 Å². The van der Waals surface area contributed by atoms with Gasteiger partial charge in [0.15, 0.2) is 0 Å². The van der Waals surface area contributed by atoms with Crippen LogP contribution < -0.4 is 0 Å². The van der Waals surface area contributed by atoms with E-state index in [9.17, 15) is 13.2 Å². The molecule has 1 aromatic rings. The van der Waals surface area contributed by atoms with Gasteiger partial charge in [0.1, 0.15) is 4.21 Å². The number of piperidine rings is 1. The number of carbonyl (C=O) groups is 1. The number of sulfonamides is 1. The Labute approximate surface area is 110 Å². The maximum Gasteiger partial charge on any atom is 0.303 e. The third-order valence-corrected chi connectivity index (χ3v) is 6.27. The van der Waals surface area contributed by atoms with Crippen molar-refractivity contribution in [2.24, 2.45) is 5.92 Å². The SMILES string of the molecule is O=C(O)CC1CCCN(S(=O)(=O)c2cccs2)C1. The maximum atomic E-state index is 12.3. The largest absolute Gasteiger partial charge is 0.481 e. The Morgan fingerprint density at radius 2 is 2.33 bits per heavy atom. The summed E-state index contributed by atoms with van der Waals surface area (Å²) in [5.41, 5.74) is 0. The molecule has 100 valence electrons. The first kappa shape index (κ1) is 13.5. The number of aliphatic carboxylic acids is 1. The van der Waals surface area contributed by atoms with E-state index in [1.807, 2.05) is 0 Å². The van der Waals surface area contributed by atoms with E-state index in [-0.39, 0.29) is 12.3 Å². The molecule has 1 fully saturated rings. The summed E-state index contributed by atoms with van der Waals surface area (Å²) >= 11 is 1.19. The van der Waals surface area contributed by atoms with Crippen LogP contribution in [0.1, 0.15) is 19.3 Å². The molecular weight excluding hydrogens is 274 g/mol. The molecule has 0 amide bonds. The first-order chi connectivity index (χ1) is 8.50. The highest BCUT2D eigenvalue weighted by atomic mass is 32.2. The maximum absolute atomic E-state index is 12.3. The summed E-state index contributed by atoms with van der Waals surface area (Å²) in [4.78, 5) is 10.7. The Balaban J connectivity index is 2.11. The molecule has 2 heterocycles. The number of carboxylic acid groups (broad SMARTS) is 1. The van der Waals surface area contributed by atoms with Crippen LogP contribution in [0.4, 0.5) is 0 Å². The predicted octanol–water partition coefficient (Wildman–Crippen LogP) is 1.62. The summed E-state index contributed by atoms with van der Waals surface area (Å²) in [5.74, 6) is -0.943. The van der Waals surface area contributed by atoms with E-state index in [1.54, 1.807) is 17.5 Å². The Bertz CT molecular complexity index is 509. The summed E-state index contributed by atoms with van der Waals surface area (Å²) in [6.07, 6.45) is 1.54. The summed E-state index contributed by atoms with van der Waals surface area (Å²) < 4.78 is 26.3. The Kier molecular flexibility index (Phi) is 4.04. The van der Waals surface area contributed by atoms with E-state index in [0.29, 0.717) is 17.3 Å². The molecule has 1 aliphatic rings. The number of nitrogens with zero attached hydrogens (tertiary/aromatic N) is 1. The molecule has 0 aliphatic carbocycles. The van der Waals surface area contributed by atoms with Crippen LogP contribution in [0.15, 0.2) is 21.7 Å². The third-order valence-electron chi connectivity index (χ3n) is 3.03. The normalized spacial score (nSPS) is 21.9. The molecule has 2 rings (SSSR count). The quantitative estimate of drug-likeness (QED) is 0.914. The van der Waals surface area contributed by atoms with Gasteiger partial charge < -0.3 is 5.11 Å². The summed E-state index contributed by atoms with van der Waals surface area (Å²) in [6, 6.07) is 3.29. The minimum atomic E-state index is -3.43. The van der Waals surface area contributed by atoms with E-state index in [4.69, 9.17) is 5.11 Å². The van der Waals surface area contributed by atoms with Crippen LogP contribution in [-0.4, -0.2) is 36.9 Å². The minimum absolute atomic E-state index is 0.0382. The zero-order chi connectivity index (χ0) is 13.2. The standard InChI is InChI=1S/C11H15NO4S2/c13-10(14)7-9-3-1-5-12(8-9)18(15,16)11-4-2-6-17-11/h2,4,6,9H,1,3,5,7-8H2,(H,13,14). The molecule has 1 unspecified atom stereocenters. The van der Waals surface area contributed by atoms with E-state index in [2.05, 4.69) is 0 Å². The van der Waals surface area contributed by atoms with Crippen LogP contribution in [-0.2, 0) is 14.8 Å². The van der Waals surface area contributed by atoms with Crippen molar-refractivity contribution in [2.45, 2.75) is 23.5 Å². The zero-order valence-electron chi connectivity index (χ0n) is 9.78. The molecule has 0 spiro atoms. The van der Waals surface area contributed by atoms with Crippen molar-refractivity contribution in [1.29, 1.82) is 0 Å². The molecular formula is C11H15NO4S2. The average Bonchev–Trinajstić information content (AvgIpc) is 2.82. The first-order valence-corrected chi connectivity index (χ1v) is 8.07. The summed E-state index contributed by atoms with van der Waals surface area (Å²) in [6.45, 7) is 0.795. The Morgan fingerprint density at radius 1 is 1.56 bits per heavy atom. The van der Waals surface area contributed by atoms with Gasteiger partial charge in [0.25, 0.3) is 10.0 Å². The highest BCUT2D eigenvalue weighted by molar-refractivity contribution is 7.91. The number of rotatable bonds is 4. The van der Waals surface area contributed by atoms with Crippen molar-refractivity contribution in [3.63, 3.8) is 0 Å². The number of thiophene rings is 1. The van der Waals surface area contributed by atoms with Crippen molar-refractivity contribution >= 4 is 27.3 Å². The van der Waals surface area contributed by atoms with Gasteiger partial charge in [-0.2, -0.15) is 4.31 Å². The van der Waals surface area contributed by atoms with Crippen molar-refractivity contribution in [1.82, 2.24) is 4.31 Å². The van der Waals surface area contributed by atoms with Crippen LogP contribution in [0.2, 0.25) is 0 Å². The van der Waals surface area contributed by atoms with Gasteiger partial charge in [-0.05, 0) is 30.2 Å². The predicted molar refractivity (Wildman–Crippen MR) is 68.1 cm³/mol. The average molecular weight is 289 g/mol. The van der Waals surface area contributed by atoms with Crippen LogP contribution in [0, 0.1) is 5.92 Å². The van der Waals surface area contributed by atoms with Crippen molar-refractivity contribution in [3.05, 3.63) is 17.5 Å². The van der Waals surface area contributed by atoms with Crippen molar-refractivity contribution in [3.8, 4) is 0 Å². The fourth-order valence-corrected chi connectivity index (χ4v) is 4.90. The number of carboxylic acids is 1. The third kappa shape index (κ3) is 2.90. The van der Waals surface area contributed by atoms with Gasteiger partial charge in [-0.1, -0.05) is 6.07 Å². The van der Waals surface area contributed by atoms with Crippen LogP contribution >= 0.6 is 11.3 Å². The molecule has 0 aromatic carbocycles. The monoisotopic (exact) mass is 289 g/mol. The van der Waals surface area contributed by atoms with Crippen LogP contribution in [0.3, 0.4) is 0 Å². The molecule has 1 aliphatic heterocycles. The molecule has 1 N–H and O–H groups in total. The first-order valence-electron chi connectivity index (χ1n) is 5.75. The molecule has 0 saturated carbocycles. The molecule has 1 atom stereocenters. The lowest BCUT2D eigenvalue weighted by molar-refractivity contribution is -0.138.